The Morgan fingerprint density at radius 1 is 0.941 bits per heavy atom. The molecule has 0 saturated carbocycles. The standard InChI is InChI=1S/C27H37N3O4/c1-16-13-14-21(19(4)15-16)23(24(31)29-22-17(2)11-10-12-18(22)3)30(9)25(32)20(5)28-26(33)34-27(6,7)8/h10-15,20,23H,1-9H3,(H,28,33)(H,29,31). The molecular formula is C27H37N3O4. The van der Waals surface area contributed by atoms with Gasteiger partial charge in [0.05, 0.1) is 0 Å². The molecule has 0 radical (unpaired) electrons. The van der Waals surface area contributed by atoms with Crippen LogP contribution in [-0.4, -0.2) is 41.5 Å². The Balaban J connectivity index is 2.38. The molecule has 0 heterocycles. The molecule has 2 N–H and O–H groups in total. The molecule has 3 amide bonds. The van der Waals surface area contributed by atoms with Crippen LogP contribution in [0.25, 0.3) is 0 Å². The van der Waals surface area contributed by atoms with Crippen LogP contribution in [0.15, 0.2) is 36.4 Å². The number of benzene rings is 2. The van der Waals surface area contributed by atoms with E-state index in [9.17, 15) is 14.4 Å². The summed E-state index contributed by atoms with van der Waals surface area (Å²) in [4.78, 5) is 40.5. The van der Waals surface area contributed by atoms with E-state index in [0.29, 0.717) is 0 Å². The minimum Gasteiger partial charge on any atom is -0.444 e. The number of carbonyl (C=O) groups is 3. The summed E-state index contributed by atoms with van der Waals surface area (Å²) in [5.74, 6) is -0.739. The van der Waals surface area contributed by atoms with Crippen LogP contribution >= 0.6 is 0 Å². The van der Waals surface area contributed by atoms with E-state index in [1.807, 2.05) is 64.1 Å². The summed E-state index contributed by atoms with van der Waals surface area (Å²) in [7, 11) is 1.57. The first kappa shape index (κ1) is 26.9. The SMILES string of the molecule is Cc1ccc(C(C(=O)Nc2c(C)cccc2C)N(C)C(=O)C(C)NC(=O)OC(C)(C)C)c(C)c1. The lowest BCUT2D eigenvalue weighted by Crippen LogP contribution is -2.49. The van der Waals surface area contributed by atoms with Crippen LogP contribution in [0.4, 0.5) is 10.5 Å². The summed E-state index contributed by atoms with van der Waals surface area (Å²) >= 11 is 0. The number of amides is 3. The highest BCUT2D eigenvalue weighted by Gasteiger charge is 2.33. The van der Waals surface area contributed by atoms with Crippen molar-refractivity contribution in [3.05, 3.63) is 64.2 Å². The largest absolute Gasteiger partial charge is 0.444 e. The van der Waals surface area contributed by atoms with Gasteiger partial charge in [0.25, 0.3) is 5.91 Å². The predicted octanol–water partition coefficient (Wildman–Crippen LogP) is 4.97. The van der Waals surface area contributed by atoms with Gasteiger partial charge in [-0.15, -0.1) is 0 Å². The van der Waals surface area contributed by atoms with Crippen molar-refractivity contribution in [1.82, 2.24) is 10.2 Å². The summed E-state index contributed by atoms with van der Waals surface area (Å²) in [5.41, 5.74) is 4.57. The highest BCUT2D eigenvalue weighted by Crippen LogP contribution is 2.28. The Morgan fingerprint density at radius 3 is 2.06 bits per heavy atom. The van der Waals surface area contributed by atoms with Crippen LogP contribution in [0, 0.1) is 27.7 Å². The number of rotatable bonds is 6. The van der Waals surface area contributed by atoms with Gasteiger partial charge in [0, 0.05) is 12.7 Å². The van der Waals surface area contributed by atoms with Crippen LogP contribution in [0.3, 0.4) is 0 Å². The molecule has 2 aromatic rings. The molecular weight excluding hydrogens is 430 g/mol. The molecule has 0 saturated heterocycles. The maximum atomic E-state index is 13.6. The van der Waals surface area contributed by atoms with Crippen LogP contribution in [-0.2, 0) is 14.3 Å². The lowest BCUT2D eigenvalue weighted by Gasteiger charge is -2.31. The first-order valence-corrected chi connectivity index (χ1v) is 11.4. The number of nitrogens with one attached hydrogen (secondary N) is 2. The number of hydrogen-bond donors (Lipinski definition) is 2. The number of aryl methyl sites for hydroxylation is 4. The normalized spacial score (nSPS) is 13.0. The number of alkyl carbamates (subject to hydrolysis) is 1. The molecule has 184 valence electrons. The van der Waals surface area contributed by atoms with Crippen molar-refractivity contribution in [2.24, 2.45) is 0 Å². The maximum Gasteiger partial charge on any atom is 0.408 e. The van der Waals surface area contributed by atoms with Crippen molar-refractivity contribution >= 4 is 23.6 Å². The molecule has 0 fully saturated rings. The van der Waals surface area contributed by atoms with Gasteiger partial charge in [0.1, 0.15) is 17.7 Å². The lowest BCUT2D eigenvalue weighted by molar-refractivity contribution is -0.138. The Labute approximate surface area is 202 Å². The third-order valence-electron chi connectivity index (χ3n) is 5.54. The van der Waals surface area contributed by atoms with Gasteiger partial charge in [0.2, 0.25) is 5.91 Å². The van der Waals surface area contributed by atoms with Gasteiger partial charge in [-0.2, -0.15) is 0 Å². The molecule has 0 aromatic heterocycles. The molecule has 0 aliphatic carbocycles. The summed E-state index contributed by atoms with van der Waals surface area (Å²) in [6, 6.07) is 9.78. The van der Waals surface area contributed by atoms with Crippen molar-refractivity contribution in [1.29, 1.82) is 0 Å². The minimum absolute atomic E-state index is 0.329. The molecule has 2 rings (SSSR count). The van der Waals surface area contributed by atoms with E-state index >= 15 is 0 Å². The van der Waals surface area contributed by atoms with Crippen LogP contribution in [0.5, 0.6) is 0 Å². The van der Waals surface area contributed by atoms with Crippen molar-refractivity contribution in [2.75, 3.05) is 12.4 Å². The fourth-order valence-corrected chi connectivity index (χ4v) is 3.84. The van der Waals surface area contributed by atoms with Crippen molar-refractivity contribution in [3.63, 3.8) is 0 Å². The molecule has 0 aliphatic heterocycles. The zero-order chi connectivity index (χ0) is 25.8. The number of para-hydroxylation sites is 1. The number of nitrogens with zero attached hydrogens (tertiary/aromatic N) is 1. The van der Waals surface area contributed by atoms with Gasteiger partial charge in [-0.1, -0.05) is 42.0 Å². The second-order valence-electron chi connectivity index (χ2n) is 9.84. The second kappa shape index (κ2) is 10.7. The quantitative estimate of drug-likeness (QED) is 0.628. The van der Waals surface area contributed by atoms with Gasteiger partial charge in [-0.3, -0.25) is 9.59 Å². The Hall–Kier alpha value is -3.35. The molecule has 2 unspecified atom stereocenters. The zero-order valence-electron chi connectivity index (χ0n) is 21.7. The first-order chi connectivity index (χ1) is 15.7. The molecule has 7 heteroatoms. The molecule has 7 nitrogen and oxygen atoms in total. The summed E-state index contributed by atoms with van der Waals surface area (Å²) in [6.45, 7) is 14.6. The molecule has 0 spiro atoms. The minimum atomic E-state index is -0.894. The number of anilines is 1. The fraction of sp³-hybridized carbons (Fsp3) is 0.444. The fourth-order valence-electron chi connectivity index (χ4n) is 3.84. The highest BCUT2D eigenvalue weighted by atomic mass is 16.6. The predicted molar refractivity (Wildman–Crippen MR) is 135 cm³/mol. The molecule has 2 atom stereocenters. The Bertz CT molecular complexity index is 1050. The molecule has 0 bridgehead atoms. The number of ether oxygens (including phenoxy) is 1. The van der Waals surface area contributed by atoms with E-state index in [-0.39, 0.29) is 5.91 Å². The van der Waals surface area contributed by atoms with Gasteiger partial charge in [-0.05, 0) is 77.6 Å². The van der Waals surface area contributed by atoms with Crippen molar-refractivity contribution in [3.8, 4) is 0 Å². The Morgan fingerprint density at radius 2 is 1.53 bits per heavy atom. The smallest absolute Gasteiger partial charge is 0.408 e. The van der Waals surface area contributed by atoms with E-state index < -0.39 is 29.7 Å². The van der Waals surface area contributed by atoms with Gasteiger partial charge >= 0.3 is 6.09 Å². The third-order valence-corrected chi connectivity index (χ3v) is 5.54. The Kier molecular flexibility index (Phi) is 8.48. The lowest BCUT2D eigenvalue weighted by atomic mass is 9.96. The topological polar surface area (TPSA) is 87.7 Å². The molecule has 2 aromatic carbocycles. The number of carbonyl (C=O) groups excluding carboxylic acids is 3. The average molecular weight is 468 g/mol. The van der Waals surface area contributed by atoms with Gasteiger partial charge < -0.3 is 20.3 Å². The monoisotopic (exact) mass is 467 g/mol. The van der Waals surface area contributed by atoms with E-state index in [4.69, 9.17) is 4.74 Å². The van der Waals surface area contributed by atoms with Crippen LogP contribution in [0.2, 0.25) is 0 Å². The van der Waals surface area contributed by atoms with E-state index in [0.717, 1.165) is 33.5 Å². The number of hydrogen-bond acceptors (Lipinski definition) is 4. The van der Waals surface area contributed by atoms with Crippen molar-refractivity contribution in [2.45, 2.75) is 73.1 Å². The highest BCUT2D eigenvalue weighted by molar-refractivity contribution is 5.99. The second-order valence-corrected chi connectivity index (χ2v) is 9.84. The van der Waals surface area contributed by atoms with E-state index in [1.165, 1.54) is 4.90 Å². The molecule has 34 heavy (non-hydrogen) atoms. The van der Waals surface area contributed by atoms with Gasteiger partial charge in [0.15, 0.2) is 0 Å². The van der Waals surface area contributed by atoms with Crippen molar-refractivity contribution < 1.29 is 19.1 Å². The summed E-state index contributed by atoms with van der Waals surface area (Å²) < 4.78 is 5.27. The summed E-state index contributed by atoms with van der Waals surface area (Å²) in [6.07, 6.45) is -0.690. The van der Waals surface area contributed by atoms with E-state index in [1.54, 1.807) is 34.7 Å². The average Bonchev–Trinajstić information content (AvgIpc) is 2.70. The van der Waals surface area contributed by atoms with Gasteiger partial charge in [-0.25, -0.2) is 4.79 Å². The molecule has 0 aliphatic rings. The number of likely N-dealkylation sites (N-methyl/N-ethyl adjacent to an activating group) is 1. The zero-order valence-corrected chi connectivity index (χ0v) is 21.7. The van der Waals surface area contributed by atoms with E-state index in [2.05, 4.69) is 10.6 Å². The summed E-state index contributed by atoms with van der Waals surface area (Å²) in [5, 5.41) is 5.59. The third kappa shape index (κ3) is 6.83. The van der Waals surface area contributed by atoms with Crippen LogP contribution in [0.1, 0.15) is 61.6 Å². The maximum absolute atomic E-state index is 13.6. The first-order valence-electron chi connectivity index (χ1n) is 11.4. The van der Waals surface area contributed by atoms with Crippen LogP contribution < -0.4 is 10.6 Å².